The van der Waals surface area contributed by atoms with Crippen LogP contribution in [0.5, 0.6) is 5.75 Å². The average Bonchev–Trinajstić information content (AvgIpc) is 2.87. The Hall–Kier alpha value is -4.54. The van der Waals surface area contributed by atoms with E-state index in [0.29, 0.717) is 11.1 Å². The predicted molar refractivity (Wildman–Crippen MR) is 134 cm³/mol. The van der Waals surface area contributed by atoms with Crippen LogP contribution in [-0.2, 0) is 11.3 Å². The van der Waals surface area contributed by atoms with E-state index >= 15 is 0 Å². The Kier molecular flexibility index (Phi) is 7.09. The number of carbonyl (C=O) groups is 2. The van der Waals surface area contributed by atoms with Gasteiger partial charge < -0.3 is 20.7 Å². The maximum Gasteiger partial charge on any atom is 0.255 e. The van der Waals surface area contributed by atoms with E-state index in [0.717, 1.165) is 27.6 Å². The molecule has 4 aromatic carbocycles. The number of amides is 2. The first-order chi connectivity index (χ1) is 17.2. The van der Waals surface area contributed by atoms with Crippen LogP contribution in [-0.4, -0.2) is 25.7 Å². The van der Waals surface area contributed by atoms with Gasteiger partial charge in [-0.1, -0.05) is 24.3 Å². The molecule has 0 radical (unpaired) electrons. The molecule has 8 nitrogen and oxygen atoms in total. The minimum Gasteiger partial charge on any atom is -0.755 e. The lowest BCUT2D eigenvalue weighted by molar-refractivity contribution is 0.0997. The number of nitrogens with two attached hydrogens (primary N) is 1. The van der Waals surface area contributed by atoms with Gasteiger partial charge in [0.05, 0.1) is 22.6 Å². The number of phenols is 1. The summed E-state index contributed by atoms with van der Waals surface area (Å²) >= 11 is -2.84. The Morgan fingerprint density at radius 2 is 1.42 bits per heavy atom. The fraction of sp³-hybridized carbons (Fsp3) is 0. The molecule has 1 unspecified atom stereocenters. The van der Waals surface area contributed by atoms with E-state index < -0.39 is 28.9 Å². The lowest BCUT2D eigenvalue weighted by atomic mass is 10.0. The standard InChI is InChI=1S/C26H20FN3O5S/c27-20-9-12-22(13-10-20)30(36(34)35)23-15-21(11-14-24(23)31)29-26(33)19-7-3-17(4-8-19)16-1-5-18(6-2-16)25(28)32/h1-15,31H,(H2,28,32)(H,29,33)(H,34,35)/p-1. The number of nitrogens with one attached hydrogen (secondary N) is 1. The third kappa shape index (κ3) is 5.40. The lowest BCUT2D eigenvalue weighted by Crippen LogP contribution is -2.20. The molecule has 0 aromatic heterocycles. The highest BCUT2D eigenvalue weighted by atomic mass is 32.2. The molecule has 1 atom stereocenters. The summed E-state index contributed by atoms with van der Waals surface area (Å²) in [5.74, 6) is -1.88. The van der Waals surface area contributed by atoms with E-state index in [-0.39, 0.29) is 22.8 Å². The molecule has 0 saturated heterocycles. The molecule has 0 aliphatic heterocycles. The molecule has 2 amide bonds. The molecule has 0 bridgehead atoms. The third-order valence-electron chi connectivity index (χ3n) is 5.31. The van der Waals surface area contributed by atoms with Crippen molar-refractivity contribution in [2.75, 3.05) is 9.62 Å². The topological polar surface area (TPSA) is 136 Å². The number of carbonyl (C=O) groups excluding carboxylic acids is 2. The monoisotopic (exact) mass is 504 g/mol. The van der Waals surface area contributed by atoms with Crippen molar-refractivity contribution in [3.63, 3.8) is 0 Å². The summed E-state index contributed by atoms with van der Waals surface area (Å²) in [5.41, 5.74) is 7.85. The Bertz CT molecular complexity index is 1440. The summed E-state index contributed by atoms with van der Waals surface area (Å²) in [4.78, 5) is 24.0. The largest absolute Gasteiger partial charge is 0.755 e. The maximum absolute atomic E-state index is 13.3. The lowest BCUT2D eigenvalue weighted by Gasteiger charge is -2.27. The van der Waals surface area contributed by atoms with Crippen molar-refractivity contribution in [2.45, 2.75) is 0 Å². The molecule has 36 heavy (non-hydrogen) atoms. The smallest absolute Gasteiger partial charge is 0.255 e. The van der Waals surface area contributed by atoms with Crippen molar-refractivity contribution in [3.05, 3.63) is 108 Å². The molecule has 10 heteroatoms. The van der Waals surface area contributed by atoms with Gasteiger partial charge >= 0.3 is 0 Å². The van der Waals surface area contributed by atoms with Gasteiger partial charge in [0, 0.05) is 16.8 Å². The van der Waals surface area contributed by atoms with Gasteiger partial charge in [-0.2, -0.15) is 0 Å². The highest BCUT2D eigenvalue weighted by Gasteiger charge is 2.17. The molecule has 0 saturated carbocycles. The number of nitrogens with zero attached hydrogens (tertiary/aromatic N) is 1. The molecule has 4 aromatic rings. The summed E-state index contributed by atoms with van der Waals surface area (Å²) in [6, 6.07) is 22.1. The van der Waals surface area contributed by atoms with Crippen LogP contribution in [0.1, 0.15) is 20.7 Å². The van der Waals surface area contributed by atoms with Crippen molar-refractivity contribution in [3.8, 4) is 16.9 Å². The van der Waals surface area contributed by atoms with Crippen LogP contribution in [0, 0.1) is 5.82 Å². The highest BCUT2D eigenvalue weighted by molar-refractivity contribution is 7.81. The van der Waals surface area contributed by atoms with Gasteiger partial charge in [0.15, 0.2) is 0 Å². The van der Waals surface area contributed by atoms with E-state index in [1.54, 1.807) is 48.5 Å². The second-order valence-corrected chi connectivity index (χ2v) is 8.46. The Morgan fingerprint density at radius 3 is 1.94 bits per heavy atom. The van der Waals surface area contributed by atoms with Crippen LogP contribution in [0.2, 0.25) is 0 Å². The summed E-state index contributed by atoms with van der Waals surface area (Å²) in [6.45, 7) is 0. The SMILES string of the molecule is NC(=O)c1ccc(-c2ccc(C(=O)Nc3ccc(O)c(N(c4ccc(F)cc4)S(=O)[O-])c3)cc2)cc1. The zero-order chi connectivity index (χ0) is 25.8. The highest BCUT2D eigenvalue weighted by Crippen LogP contribution is 2.36. The predicted octanol–water partition coefficient (Wildman–Crippen LogP) is 4.48. The first-order valence-corrected chi connectivity index (χ1v) is 11.6. The van der Waals surface area contributed by atoms with Crippen LogP contribution in [0.15, 0.2) is 91.0 Å². The van der Waals surface area contributed by atoms with E-state index in [9.17, 15) is 27.8 Å². The number of aromatic hydroxyl groups is 1. The number of rotatable bonds is 7. The average molecular weight is 505 g/mol. The third-order valence-corrected chi connectivity index (χ3v) is 6.02. The van der Waals surface area contributed by atoms with Gasteiger partial charge in [0.25, 0.3) is 5.91 Å². The fourth-order valence-corrected chi connectivity index (χ4v) is 4.09. The van der Waals surface area contributed by atoms with Crippen LogP contribution in [0.25, 0.3) is 11.1 Å². The van der Waals surface area contributed by atoms with Crippen molar-refractivity contribution >= 4 is 40.1 Å². The first-order valence-electron chi connectivity index (χ1n) is 10.5. The molecule has 0 aliphatic rings. The number of primary amides is 1. The molecule has 4 rings (SSSR count). The minimum absolute atomic E-state index is 0.1000. The van der Waals surface area contributed by atoms with Gasteiger partial charge in [0.2, 0.25) is 5.91 Å². The summed E-state index contributed by atoms with van der Waals surface area (Å²) in [6.07, 6.45) is 0. The molecule has 0 aliphatic carbocycles. The second-order valence-electron chi connectivity index (χ2n) is 7.66. The van der Waals surface area contributed by atoms with Crippen molar-refractivity contribution in [1.29, 1.82) is 0 Å². The van der Waals surface area contributed by atoms with E-state index in [2.05, 4.69) is 5.32 Å². The zero-order valence-electron chi connectivity index (χ0n) is 18.6. The van der Waals surface area contributed by atoms with Crippen LogP contribution in [0.3, 0.4) is 0 Å². The number of halogens is 1. The van der Waals surface area contributed by atoms with Crippen LogP contribution >= 0.6 is 0 Å². The van der Waals surface area contributed by atoms with Crippen molar-refractivity contribution in [2.24, 2.45) is 5.73 Å². The van der Waals surface area contributed by atoms with E-state index in [4.69, 9.17) is 5.73 Å². The Morgan fingerprint density at radius 1 is 0.861 bits per heavy atom. The molecular weight excluding hydrogens is 485 g/mol. The molecule has 0 heterocycles. The normalized spacial score (nSPS) is 11.5. The van der Waals surface area contributed by atoms with Gasteiger partial charge in [-0.3, -0.25) is 18.1 Å². The fourth-order valence-electron chi connectivity index (χ4n) is 3.49. The Labute approximate surface area is 208 Å². The van der Waals surface area contributed by atoms with E-state index in [1.807, 2.05) is 0 Å². The van der Waals surface area contributed by atoms with Gasteiger partial charge in [-0.15, -0.1) is 0 Å². The van der Waals surface area contributed by atoms with E-state index in [1.165, 1.54) is 30.3 Å². The summed E-state index contributed by atoms with van der Waals surface area (Å²) < 4.78 is 37.9. The minimum atomic E-state index is -2.84. The number of hydrogen-bond donors (Lipinski definition) is 3. The Balaban J connectivity index is 1.54. The second kappa shape index (κ2) is 10.4. The quantitative estimate of drug-likeness (QED) is 0.252. The summed E-state index contributed by atoms with van der Waals surface area (Å²) in [5, 5.41) is 13.0. The van der Waals surface area contributed by atoms with Gasteiger partial charge in [0.1, 0.15) is 11.6 Å². The number of anilines is 3. The maximum atomic E-state index is 13.3. The summed E-state index contributed by atoms with van der Waals surface area (Å²) in [7, 11) is 0. The molecule has 4 N–H and O–H groups in total. The molecule has 0 spiro atoms. The number of benzene rings is 4. The van der Waals surface area contributed by atoms with Gasteiger partial charge in [-0.05, 0) is 77.9 Å². The van der Waals surface area contributed by atoms with Crippen LogP contribution in [0.4, 0.5) is 21.5 Å². The number of phenolic OH excluding ortho intramolecular Hbond substituents is 1. The van der Waals surface area contributed by atoms with Crippen molar-refractivity contribution < 1.29 is 27.8 Å². The molecule has 182 valence electrons. The molecular formula is C26H19FN3O5S-. The molecule has 0 fully saturated rings. The zero-order valence-corrected chi connectivity index (χ0v) is 19.4. The van der Waals surface area contributed by atoms with Crippen LogP contribution < -0.4 is 15.4 Å². The van der Waals surface area contributed by atoms with Gasteiger partial charge in [-0.25, -0.2) is 4.39 Å². The first kappa shape index (κ1) is 24.6. The number of hydrogen-bond acceptors (Lipinski definition) is 5. The van der Waals surface area contributed by atoms with Crippen molar-refractivity contribution in [1.82, 2.24) is 0 Å².